The summed E-state index contributed by atoms with van der Waals surface area (Å²) in [7, 11) is -4.10. The third-order valence-corrected chi connectivity index (χ3v) is 8.47. The smallest absolute Gasteiger partial charge is 0.339 e. The molecule has 0 N–H and O–H groups in total. The zero-order chi connectivity index (χ0) is 29.6. The van der Waals surface area contributed by atoms with E-state index in [1.54, 1.807) is 60.7 Å². The van der Waals surface area contributed by atoms with Crippen LogP contribution >= 0.6 is 11.6 Å². The van der Waals surface area contributed by atoms with Crippen LogP contribution in [-0.2, 0) is 24.5 Å². The normalized spacial score (nSPS) is 20.1. The highest BCUT2D eigenvalue weighted by Crippen LogP contribution is 2.48. The Hall–Kier alpha value is -4.78. The highest BCUT2D eigenvalue weighted by molar-refractivity contribution is 7.87. The Bertz CT molecular complexity index is 1800. The third-order valence-electron chi connectivity index (χ3n) is 6.95. The minimum Gasteiger partial charge on any atom is -0.379 e. The lowest BCUT2D eigenvalue weighted by Gasteiger charge is -2.28. The molecule has 2 aliphatic rings. The Labute approximate surface area is 244 Å². The van der Waals surface area contributed by atoms with Gasteiger partial charge < -0.3 is 4.18 Å². The predicted octanol–water partition coefficient (Wildman–Crippen LogP) is 5.07. The number of fused-ring (bicyclic) bond motifs is 1. The van der Waals surface area contributed by atoms with Crippen molar-refractivity contribution >= 4 is 50.6 Å². The van der Waals surface area contributed by atoms with Crippen LogP contribution in [0.1, 0.15) is 11.6 Å². The number of non-ortho nitro benzene ring substituents is 1. The number of imide groups is 1. The fourth-order valence-corrected chi connectivity index (χ4v) is 6.13. The van der Waals surface area contributed by atoms with Crippen LogP contribution < -0.4 is 14.1 Å². The summed E-state index contributed by atoms with van der Waals surface area (Å²) in [6.07, 6.45) is -1.22. The van der Waals surface area contributed by atoms with Gasteiger partial charge in [-0.05, 0) is 60.2 Å². The Kier molecular flexibility index (Phi) is 6.89. The number of nitro groups is 1. The first-order valence-electron chi connectivity index (χ1n) is 12.6. The number of anilines is 2. The van der Waals surface area contributed by atoms with Crippen LogP contribution in [0.5, 0.6) is 5.75 Å². The Balaban J connectivity index is 1.37. The van der Waals surface area contributed by atoms with Gasteiger partial charge in [-0.3, -0.25) is 24.5 Å². The molecule has 3 atom stereocenters. The molecule has 4 aromatic rings. The summed E-state index contributed by atoms with van der Waals surface area (Å²) in [5.41, 5.74) is 0.858. The van der Waals surface area contributed by atoms with E-state index in [2.05, 4.69) is 0 Å². The lowest BCUT2D eigenvalue weighted by atomic mass is 9.90. The Morgan fingerprint density at radius 3 is 2.19 bits per heavy atom. The average molecular weight is 606 g/mol. The van der Waals surface area contributed by atoms with Crippen LogP contribution in [0.3, 0.4) is 0 Å². The maximum atomic E-state index is 13.8. The number of hydrogen-bond donors (Lipinski definition) is 0. The van der Waals surface area contributed by atoms with Crippen molar-refractivity contribution in [2.75, 3.05) is 9.96 Å². The SMILES string of the molecule is O=C1C2ON(c3cccc([N+](=O)[O-])c3)C(c3ccc(OS(=O)(=O)c4ccccc4)cc3)C2C(=O)N1c1ccc(Cl)cc1. The maximum absolute atomic E-state index is 13.8. The van der Waals surface area contributed by atoms with Gasteiger partial charge in [-0.1, -0.05) is 48.0 Å². The fourth-order valence-electron chi connectivity index (χ4n) is 5.05. The summed E-state index contributed by atoms with van der Waals surface area (Å²) in [6.45, 7) is 0. The molecule has 0 aromatic heterocycles. The van der Waals surface area contributed by atoms with E-state index >= 15 is 0 Å². The van der Waals surface area contributed by atoms with Gasteiger partial charge in [0.2, 0.25) is 5.91 Å². The van der Waals surface area contributed by atoms with Crippen LogP contribution in [0.15, 0.2) is 108 Å². The molecule has 0 saturated carbocycles. The number of carbonyl (C=O) groups is 2. The van der Waals surface area contributed by atoms with E-state index in [-0.39, 0.29) is 22.0 Å². The number of nitrogens with zero attached hydrogens (tertiary/aromatic N) is 3. The monoisotopic (exact) mass is 605 g/mol. The zero-order valence-corrected chi connectivity index (χ0v) is 23.0. The summed E-state index contributed by atoms with van der Waals surface area (Å²) < 4.78 is 30.7. The molecule has 3 unspecified atom stereocenters. The first-order valence-corrected chi connectivity index (χ1v) is 14.4. The first-order chi connectivity index (χ1) is 20.1. The zero-order valence-electron chi connectivity index (χ0n) is 21.4. The number of carbonyl (C=O) groups excluding carboxylic acids is 2. The Morgan fingerprint density at radius 2 is 1.52 bits per heavy atom. The molecular formula is C29H20ClN3O8S. The molecule has 11 nitrogen and oxygen atoms in total. The standard InChI is InChI=1S/C29H20ClN3O8S/c30-19-11-13-20(14-12-19)31-28(34)25-26(32(40-27(25)29(31)35)21-5-4-6-22(17-21)33(36)37)18-9-15-23(16-10-18)41-42(38,39)24-7-2-1-3-8-24/h1-17,25-27H. The minimum absolute atomic E-state index is 0.0182. The van der Waals surface area contributed by atoms with E-state index in [1.807, 2.05) is 0 Å². The number of rotatable bonds is 7. The molecule has 6 rings (SSSR count). The quantitative estimate of drug-likeness (QED) is 0.122. The number of hydroxylamine groups is 1. The molecule has 0 radical (unpaired) electrons. The largest absolute Gasteiger partial charge is 0.379 e. The van der Waals surface area contributed by atoms with E-state index in [1.165, 1.54) is 47.5 Å². The van der Waals surface area contributed by atoms with E-state index in [0.29, 0.717) is 16.3 Å². The first kappa shape index (κ1) is 27.4. The second-order valence-corrected chi connectivity index (χ2v) is 11.5. The van der Waals surface area contributed by atoms with Gasteiger partial charge in [0.1, 0.15) is 16.6 Å². The molecule has 2 saturated heterocycles. The van der Waals surface area contributed by atoms with Crippen molar-refractivity contribution < 1.29 is 32.0 Å². The summed E-state index contributed by atoms with van der Waals surface area (Å²) in [5, 5.41) is 13.2. The van der Waals surface area contributed by atoms with Crippen LogP contribution in [0.25, 0.3) is 0 Å². The summed E-state index contributed by atoms with van der Waals surface area (Å²) in [6, 6.07) is 24.5. The number of nitro benzene ring substituents is 1. The summed E-state index contributed by atoms with van der Waals surface area (Å²) in [4.78, 5) is 45.2. The fraction of sp³-hybridized carbons (Fsp3) is 0.103. The van der Waals surface area contributed by atoms with Gasteiger partial charge in [-0.2, -0.15) is 8.42 Å². The number of amides is 2. The number of halogens is 1. The van der Waals surface area contributed by atoms with Crippen molar-refractivity contribution in [1.29, 1.82) is 0 Å². The minimum atomic E-state index is -4.10. The van der Waals surface area contributed by atoms with Gasteiger partial charge in [-0.15, -0.1) is 0 Å². The van der Waals surface area contributed by atoms with Gasteiger partial charge in [0, 0.05) is 17.2 Å². The van der Waals surface area contributed by atoms with Crippen molar-refractivity contribution in [1.82, 2.24) is 0 Å². The average Bonchev–Trinajstić information content (AvgIpc) is 3.50. The van der Waals surface area contributed by atoms with Gasteiger partial charge >= 0.3 is 10.1 Å². The molecule has 212 valence electrons. The van der Waals surface area contributed by atoms with Crippen LogP contribution in [0, 0.1) is 16.0 Å². The van der Waals surface area contributed by atoms with E-state index < -0.39 is 44.9 Å². The van der Waals surface area contributed by atoms with E-state index in [0.717, 1.165) is 4.90 Å². The van der Waals surface area contributed by atoms with E-state index in [4.69, 9.17) is 20.6 Å². The van der Waals surface area contributed by atoms with Crippen LogP contribution in [-0.4, -0.2) is 31.3 Å². The van der Waals surface area contributed by atoms with Gasteiger partial charge in [0.15, 0.2) is 6.10 Å². The van der Waals surface area contributed by atoms with Crippen molar-refractivity contribution in [3.8, 4) is 5.75 Å². The number of benzene rings is 4. The lowest BCUT2D eigenvalue weighted by Crippen LogP contribution is -2.37. The molecule has 2 amide bonds. The van der Waals surface area contributed by atoms with Gasteiger partial charge in [-0.25, -0.2) is 9.96 Å². The molecule has 4 aromatic carbocycles. The summed E-state index contributed by atoms with van der Waals surface area (Å²) >= 11 is 5.98. The predicted molar refractivity (Wildman–Crippen MR) is 151 cm³/mol. The second kappa shape index (κ2) is 10.6. The molecule has 2 fully saturated rings. The third kappa shape index (κ3) is 4.85. The second-order valence-electron chi connectivity index (χ2n) is 9.51. The molecule has 2 aliphatic heterocycles. The van der Waals surface area contributed by atoms with Crippen LogP contribution in [0.4, 0.5) is 17.1 Å². The van der Waals surface area contributed by atoms with Crippen molar-refractivity contribution in [3.05, 3.63) is 124 Å². The Morgan fingerprint density at radius 1 is 0.833 bits per heavy atom. The maximum Gasteiger partial charge on any atom is 0.339 e. The molecule has 42 heavy (non-hydrogen) atoms. The molecular weight excluding hydrogens is 586 g/mol. The topological polar surface area (TPSA) is 136 Å². The van der Waals surface area contributed by atoms with Gasteiger partial charge in [0.05, 0.1) is 22.3 Å². The highest BCUT2D eigenvalue weighted by atomic mass is 35.5. The van der Waals surface area contributed by atoms with Gasteiger partial charge in [0.25, 0.3) is 11.6 Å². The molecule has 0 spiro atoms. The molecule has 0 bridgehead atoms. The van der Waals surface area contributed by atoms with Crippen LogP contribution in [0.2, 0.25) is 5.02 Å². The van der Waals surface area contributed by atoms with Crippen molar-refractivity contribution in [3.63, 3.8) is 0 Å². The van der Waals surface area contributed by atoms with Crippen molar-refractivity contribution in [2.45, 2.75) is 17.0 Å². The molecule has 2 heterocycles. The highest BCUT2D eigenvalue weighted by Gasteiger charge is 2.60. The lowest BCUT2D eigenvalue weighted by molar-refractivity contribution is -0.384. The number of hydrogen-bond acceptors (Lipinski definition) is 9. The molecule has 0 aliphatic carbocycles. The van der Waals surface area contributed by atoms with E-state index in [9.17, 15) is 28.1 Å². The molecule has 13 heteroatoms. The van der Waals surface area contributed by atoms with Crippen molar-refractivity contribution in [2.24, 2.45) is 5.92 Å². The summed E-state index contributed by atoms with van der Waals surface area (Å²) in [5.74, 6) is -2.12.